The Labute approximate surface area is 136 Å². The largest absolute Gasteiger partial charge is 0.447 e. The number of hydrogen-bond donors (Lipinski definition) is 2. The zero-order valence-corrected chi connectivity index (χ0v) is 13.8. The summed E-state index contributed by atoms with van der Waals surface area (Å²) < 4.78 is 6.58. The van der Waals surface area contributed by atoms with Crippen LogP contribution in [0.2, 0.25) is 5.02 Å². The third kappa shape index (κ3) is 4.09. The van der Waals surface area contributed by atoms with E-state index in [1.54, 1.807) is 30.3 Å². The van der Waals surface area contributed by atoms with Crippen LogP contribution in [0.1, 0.15) is 5.76 Å². The summed E-state index contributed by atoms with van der Waals surface area (Å²) in [6.45, 7) is 0. The maximum Gasteiger partial charge on any atom is 0.339 e. The van der Waals surface area contributed by atoms with Gasteiger partial charge in [0.2, 0.25) is 0 Å². The minimum absolute atomic E-state index is 0.450. The minimum Gasteiger partial charge on any atom is -0.447 e. The summed E-state index contributed by atoms with van der Waals surface area (Å²) in [6.07, 6.45) is 1.38. The predicted octanol–water partition coefficient (Wildman–Crippen LogP) is 4.61. The summed E-state index contributed by atoms with van der Waals surface area (Å²) in [6, 6.07) is 8.11. The van der Waals surface area contributed by atoms with Gasteiger partial charge >= 0.3 is 6.03 Å². The fourth-order valence-corrected chi connectivity index (χ4v) is 2.09. The second-order valence-corrected chi connectivity index (χ2v) is 5.56. The Kier molecular flexibility index (Phi) is 5.22. The topological polar surface area (TPSA) is 66.6 Å². The van der Waals surface area contributed by atoms with Crippen LogP contribution in [0.3, 0.4) is 0 Å². The summed E-state index contributed by atoms with van der Waals surface area (Å²) in [5.41, 5.74) is 2.81. The summed E-state index contributed by atoms with van der Waals surface area (Å²) >= 11 is 12.4. The molecule has 2 amide bonds. The van der Waals surface area contributed by atoms with Crippen molar-refractivity contribution in [3.05, 3.63) is 50.3 Å². The number of urea groups is 1. The SMILES string of the molecule is O=C(N/N=C/c1cc(Br)c(Br)o1)Nc1ccccc1Cl. The molecule has 0 bridgehead atoms. The van der Waals surface area contributed by atoms with E-state index >= 15 is 0 Å². The maximum absolute atomic E-state index is 11.6. The molecule has 8 heteroatoms. The highest BCUT2D eigenvalue weighted by atomic mass is 79.9. The fourth-order valence-electron chi connectivity index (χ4n) is 1.29. The van der Waals surface area contributed by atoms with E-state index in [1.807, 2.05) is 0 Å². The molecule has 0 fully saturated rings. The minimum atomic E-state index is -0.501. The van der Waals surface area contributed by atoms with Crippen molar-refractivity contribution in [1.29, 1.82) is 0 Å². The number of carbonyl (C=O) groups excluding carboxylic acids is 1. The lowest BCUT2D eigenvalue weighted by atomic mass is 10.3. The number of furan rings is 1. The molecule has 1 heterocycles. The van der Waals surface area contributed by atoms with Gasteiger partial charge in [0.1, 0.15) is 5.76 Å². The molecule has 2 aromatic rings. The van der Waals surface area contributed by atoms with Gasteiger partial charge in [-0.2, -0.15) is 5.10 Å². The van der Waals surface area contributed by atoms with Crippen LogP contribution in [0.5, 0.6) is 0 Å². The predicted molar refractivity (Wildman–Crippen MR) is 85.3 cm³/mol. The Balaban J connectivity index is 1.91. The smallest absolute Gasteiger partial charge is 0.339 e. The Morgan fingerprint density at radius 1 is 1.35 bits per heavy atom. The molecule has 0 radical (unpaired) electrons. The van der Waals surface area contributed by atoms with Gasteiger partial charge < -0.3 is 9.73 Å². The van der Waals surface area contributed by atoms with E-state index in [1.165, 1.54) is 6.21 Å². The molecule has 0 atom stereocenters. The number of carbonyl (C=O) groups is 1. The molecule has 0 unspecified atom stereocenters. The van der Waals surface area contributed by atoms with Gasteiger partial charge in [-0.1, -0.05) is 23.7 Å². The Bertz CT molecular complexity index is 638. The molecule has 5 nitrogen and oxygen atoms in total. The average Bonchev–Trinajstić information content (AvgIpc) is 2.71. The Morgan fingerprint density at radius 2 is 2.10 bits per heavy atom. The summed E-state index contributed by atoms with van der Waals surface area (Å²) in [4.78, 5) is 11.6. The van der Waals surface area contributed by atoms with Gasteiger partial charge in [0.15, 0.2) is 4.67 Å². The first-order valence-corrected chi connectivity index (χ1v) is 7.32. The average molecular weight is 421 g/mol. The van der Waals surface area contributed by atoms with Crippen molar-refractivity contribution in [2.75, 3.05) is 5.32 Å². The van der Waals surface area contributed by atoms with Crippen molar-refractivity contribution < 1.29 is 9.21 Å². The quantitative estimate of drug-likeness (QED) is 0.561. The fraction of sp³-hybridized carbons (Fsp3) is 0. The van der Waals surface area contributed by atoms with E-state index in [0.717, 1.165) is 4.47 Å². The van der Waals surface area contributed by atoms with E-state index in [9.17, 15) is 4.79 Å². The van der Waals surface area contributed by atoms with Crippen molar-refractivity contribution in [3.8, 4) is 0 Å². The first-order valence-electron chi connectivity index (χ1n) is 5.35. The maximum atomic E-state index is 11.6. The van der Waals surface area contributed by atoms with E-state index in [-0.39, 0.29) is 0 Å². The first kappa shape index (κ1) is 15.1. The third-order valence-corrected chi connectivity index (χ3v) is 4.18. The van der Waals surface area contributed by atoms with Crippen LogP contribution in [0.4, 0.5) is 10.5 Å². The van der Waals surface area contributed by atoms with Crippen LogP contribution in [-0.2, 0) is 0 Å². The zero-order chi connectivity index (χ0) is 14.5. The standard InChI is InChI=1S/C12H8Br2ClN3O2/c13-8-5-7(20-11(8)14)6-16-18-12(19)17-10-4-2-1-3-9(10)15/h1-6H,(H2,17,18,19)/b16-6+. The Morgan fingerprint density at radius 3 is 2.75 bits per heavy atom. The summed E-state index contributed by atoms with van der Waals surface area (Å²) in [5, 5.41) is 6.77. The molecule has 0 spiro atoms. The van der Waals surface area contributed by atoms with Gasteiger partial charge in [-0.25, -0.2) is 10.2 Å². The van der Waals surface area contributed by atoms with Crippen LogP contribution >= 0.6 is 43.5 Å². The van der Waals surface area contributed by atoms with Crippen molar-refractivity contribution in [2.45, 2.75) is 0 Å². The van der Waals surface area contributed by atoms with Gasteiger partial charge in [0.25, 0.3) is 0 Å². The second-order valence-electron chi connectivity index (χ2n) is 3.57. The number of para-hydroxylation sites is 1. The number of amides is 2. The van der Waals surface area contributed by atoms with Crippen molar-refractivity contribution >= 4 is 61.4 Å². The molecule has 1 aromatic carbocycles. The molecule has 104 valence electrons. The van der Waals surface area contributed by atoms with E-state index < -0.39 is 6.03 Å². The molecule has 20 heavy (non-hydrogen) atoms. The van der Waals surface area contributed by atoms with E-state index in [0.29, 0.717) is 21.1 Å². The summed E-state index contributed by atoms with van der Waals surface area (Å²) in [5.74, 6) is 0.488. The number of nitrogens with zero attached hydrogens (tertiary/aromatic N) is 1. The highest BCUT2D eigenvalue weighted by molar-refractivity contribution is 9.13. The van der Waals surface area contributed by atoms with Gasteiger partial charge in [-0.15, -0.1) is 0 Å². The highest BCUT2D eigenvalue weighted by Crippen LogP contribution is 2.25. The zero-order valence-electron chi connectivity index (χ0n) is 9.86. The van der Waals surface area contributed by atoms with Gasteiger partial charge in [-0.3, -0.25) is 0 Å². The number of hydrogen-bond acceptors (Lipinski definition) is 3. The molecular weight excluding hydrogens is 413 g/mol. The lowest BCUT2D eigenvalue weighted by Gasteiger charge is -2.05. The number of hydrazone groups is 1. The van der Waals surface area contributed by atoms with Crippen LogP contribution < -0.4 is 10.7 Å². The molecule has 0 saturated heterocycles. The normalized spacial score (nSPS) is 10.8. The molecular formula is C12H8Br2ClN3O2. The van der Waals surface area contributed by atoms with E-state index in [4.69, 9.17) is 16.0 Å². The van der Waals surface area contributed by atoms with Crippen LogP contribution in [0, 0.1) is 0 Å². The Hall–Kier alpha value is -1.31. The van der Waals surface area contributed by atoms with Crippen LogP contribution in [0.25, 0.3) is 0 Å². The molecule has 0 aliphatic rings. The number of anilines is 1. The number of halogens is 3. The number of benzene rings is 1. The first-order chi connectivity index (χ1) is 9.56. The number of nitrogens with one attached hydrogen (secondary N) is 2. The van der Waals surface area contributed by atoms with Crippen LogP contribution in [-0.4, -0.2) is 12.2 Å². The van der Waals surface area contributed by atoms with Crippen LogP contribution in [0.15, 0.2) is 49.0 Å². The monoisotopic (exact) mass is 419 g/mol. The third-order valence-electron chi connectivity index (χ3n) is 2.14. The number of rotatable bonds is 3. The molecule has 1 aromatic heterocycles. The van der Waals surface area contributed by atoms with Crippen molar-refractivity contribution in [3.63, 3.8) is 0 Å². The summed E-state index contributed by atoms with van der Waals surface area (Å²) in [7, 11) is 0. The molecule has 2 N–H and O–H groups in total. The molecule has 2 rings (SSSR count). The van der Waals surface area contributed by atoms with Crippen molar-refractivity contribution in [2.24, 2.45) is 5.10 Å². The highest BCUT2D eigenvalue weighted by Gasteiger charge is 2.05. The van der Waals surface area contributed by atoms with Gasteiger partial charge in [-0.05, 0) is 44.0 Å². The van der Waals surface area contributed by atoms with Gasteiger partial charge in [0.05, 0.1) is 21.4 Å². The molecule has 0 aliphatic heterocycles. The van der Waals surface area contributed by atoms with Gasteiger partial charge in [0, 0.05) is 6.07 Å². The second kappa shape index (κ2) is 6.92. The van der Waals surface area contributed by atoms with E-state index in [2.05, 4.69) is 47.7 Å². The molecule has 0 saturated carbocycles. The lowest BCUT2D eigenvalue weighted by molar-refractivity contribution is 0.252. The molecule has 0 aliphatic carbocycles. The van der Waals surface area contributed by atoms with Crippen molar-refractivity contribution in [1.82, 2.24) is 5.43 Å². The lowest BCUT2D eigenvalue weighted by Crippen LogP contribution is -2.24.